The topological polar surface area (TPSA) is 41.6 Å². The zero-order valence-electron chi connectivity index (χ0n) is 11.0. The molecule has 2 heterocycles. The van der Waals surface area contributed by atoms with E-state index in [1.165, 1.54) is 0 Å². The van der Waals surface area contributed by atoms with Crippen LogP contribution in [0.4, 0.5) is 4.79 Å². The van der Waals surface area contributed by atoms with E-state index >= 15 is 0 Å². The SMILES string of the molecule is CC(C)(C)OC(=O)N1CCC2=C(C=CC(Cl)N2)C1. The molecule has 0 aromatic carbocycles. The first kappa shape index (κ1) is 13.3. The van der Waals surface area contributed by atoms with Crippen molar-refractivity contribution in [1.29, 1.82) is 0 Å². The molecule has 100 valence electrons. The van der Waals surface area contributed by atoms with Gasteiger partial charge in [-0.25, -0.2) is 4.79 Å². The van der Waals surface area contributed by atoms with Crippen molar-refractivity contribution in [2.24, 2.45) is 0 Å². The second kappa shape index (κ2) is 4.84. The number of carbonyl (C=O) groups excluding carboxylic acids is 1. The number of hydrogen-bond acceptors (Lipinski definition) is 3. The minimum atomic E-state index is -0.451. The van der Waals surface area contributed by atoms with Gasteiger partial charge in [0.2, 0.25) is 0 Å². The first-order valence-electron chi connectivity index (χ1n) is 6.14. The fourth-order valence-electron chi connectivity index (χ4n) is 2.00. The summed E-state index contributed by atoms with van der Waals surface area (Å²) < 4.78 is 5.37. The third kappa shape index (κ3) is 3.19. The molecule has 0 saturated heterocycles. The maximum absolute atomic E-state index is 12.0. The Morgan fingerprint density at radius 1 is 1.56 bits per heavy atom. The summed E-state index contributed by atoms with van der Waals surface area (Å²) >= 11 is 5.99. The number of rotatable bonds is 0. The number of halogens is 1. The lowest BCUT2D eigenvalue weighted by Crippen LogP contribution is -2.43. The normalized spacial score (nSPS) is 23.6. The van der Waals surface area contributed by atoms with Crippen LogP contribution in [0.3, 0.4) is 0 Å². The van der Waals surface area contributed by atoms with Gasteiger partial charge in [0, 0.05) is 18.7 Å². The van der Waals surface area contributed by atoms with Gasteiger partial charge >= 0.3 is 6.09 Å². The van der Waals surface area contributed by atoms with Crippen LogP contribution in [-0.2, 0) is 4.74 Å². The van der Waals surface area contributed by atoms with Gasteiger partial charge in [0.25, 0.3) is 0 Å². The van der Waals surface area contributed by atoms with Crippen molar-refractivity contribution < 1.29 is 9.53 Å². The predicted molar refractivity (Wildman–Crippen MR) is 71.4 cm³/mol. The van der Waals surface area contributed by atoms with Crippen LogP contribution in [0, 0.1) is 0 Å². The third-order valence-electron chi connectivity index (χ3n) is 2.81. The van der Waals surface area contributed by atoms with Gasteiger partial charge in [-0.2, -0.15) is 0 Å². The number of dihydropyridines is 1. The van der Waals surface area contributed by atoms with Crippen LogP contribution in [0.2, 0.25) is 0 Å². The Bertz CT molecular complexity index is 410. The standard InChI is InChI=1S/C13H19ClN2O2/c1-13(2,3)18-12(17)16-7-6-10-9(8-16)4-5-11(14)15-10/h4-5,11,15H,6-8H2,1-3H3. The first-order valence-corrected chi connectivity index (χ1v) is 6.57. The summed E-state index contributed by atoms with van der Waals surface area (Å²) in [6.07, 6.45) is 4.41. The molecule has 0 aromatic rings. The number of hydrogen-bond donors (Lipinski definition) is 1. The molecule has 18 heavy (non-hydrogen) atoms. The van der Waals surface area contributed by atoms with Crippen molar-refractivity contribution in [3.8, 4) is 0 Å². The van der Waals surface area contributed by atoms with E-state index in [2.05, 4.69) is 5.32 Å². The molecule has 4 nitrogen and oxygen atoms in total. The molecule has 0 radical (unpaired) electrons. The number of ether oxygens (including phenoxy) is 1. The Morgan fingerprint density at radius 2 is 2.28 bits per heavy atom. The average Bonchev–Trinajstić information content (AvgIpc) is 2.26. The summed E-state index contributed by atoms with van der Waals surface area (Å²) in [7, 11) is 0. The Labute approximate surface area is 113 Å². The quantitative estimate of drug-likeness (QED) is 0.543. The Kier molecular flexibility index (Phi) is 3.57. The number of nitrogens with zero attached hydrogens (tertiary/aromatic N) is 1. The average molecular weight is 271 g/mol. The molecular formula is C13H19ClN2O2. The molecule has 0 spiro atoms. The lowest BCUT2D eigenvalue weighted by Gasteiger charge is -2.34. The summed E-state index contributed by atoms with van der Waals surface area (Å²) in [6.45, 7) is 6.87. The molecule has 1 amide bonds. The van der Waals surface area contributed by atoms with Crippen LogP contribution in [0.15, 0.2) is 23.4 Å². The van der Waals surface area contributed by atoms with E-state index in [-0.39, 0.29) is 11.6 Å². The van der Waals surface area contributed by atoms with E-state index in [0.717, 1.165) is 17.7 Å². The van der Waals surface area contributed by atoms with Gasteiger partial charge in [-0.15, -0.1) is 0 Å². The van der Waals surface area contributed by atoms with E-state index in [9.17, 15) is 4.79 Å². The van der Waals surface area contributed by atoms with Crippen LogP contribution < -0.4 is 5.32 Å². The van der Waals surface area contributed by atoms with Crippen molar-refractivity contribution in [3.63, 3.8) is 0 Å². The van der Waals surface area contributed by atoms with Gasteiger partial charge < -0.3 is 15.0 Å². The van der Waals surface area contributed by atoms with Crippen molar-refractivity contribution in [2.45, 2.75) is 38.3 Å². The van der Waals surface area contributed by atoms with Gasteiger partial charge in [-0.3, -0.25) is 0 Å². The molecular weight excluding hydrogens is 252 g/mol. The number of amides is 1. The van der Waals surface area contributed by atoms with Crippen LogP contribution >= 0.6 is 11.6 Å². The Morgan fingerprint density at radius 3 is 2.94 bits per heavy atom. The van der Waals surface area contributed by atoms with E-state index in [4.69, 9.17) is 16.3 Å². The van der Waals surface area contributed by atoms with Gasteiger partial charge in [-0.05, 0) is 32.4 Å². The highest BCUT2D eigenvalue weighted by Gasteiger charge is 2.27. The van der Waals surface area contributed by atoms with E-state index < -0.39 is 5.60 Å². The molecule has 5 heteroatoms. The monoisotopic (exact) mass is 270 g/mol. The highest BCUT2D eigenvalue weighted by Crippen LogP contribution is 2.23. The third-order valence-corrected chi connectivity index (χ3v) is 3.07. The molecule has 0 fully saturated rings. The van der Waals surface area contributed by atoms with E-state index in [1.54, 1.807) is 4.90 Å². The van der Waals surface area contributed by atoms with E-state index in [1.807, 2.05) is 32.9 Å². The molecule has 1 N–H and O–H groups in total. The largest absolute Gasteiger partial charge is 0.444 e. The Hall–Kier alpha value is -1.16. The lowest BCUT2D eigenvalue weighted by molar-refractivity contribution is 0.0259. The van der Waals surface area contributed by atoms with Crippen molar-refractivity contribution in [2.75, 3.05) is 13.1 Å². The van der Waals surface area contributed by atoms with Crippen LogP contribution in [0.5, 0.6) is 0 Å². The predicted octanol–water partition coefficient (Wildman–Crippen LogP) is 2.61. The molecule has 0 aromatic heterocycles. The summed E-state index contributed by atoms with van der Waals surface area (Å²) in [4.78, 5) is 13.7. The molecule has 1 atom stereocenters. The molecule has 2 rings (SSSR count). The zero-order valence-corrected chi connectivity index (χ0v) is 11.8. The summed E-state index contributed by atoms with van der Waals surface area (Å²) in [5.41, 5.74) is 1.66. The highest BCUT2D eigenvalue weighted by atomic mass is 35.5. The van der Waals surface area contributed by atoms with Gasteiger partial charge in [0.05, 0.1) is 6.54 Å². The number of nitrogens with one attached hydrogen (secondary N) is 1. The van der Waals surface area contributed by atoms with Crippen molar-refractivity contribution in [1.82, 2.24) is 10.2 Å². The molecule has 2 aliphatic heterocycles. The minimum Gasteiger partial charge on any atom is -0.444 e. The van der Waals surface area contributed by atoms with E-state index in [0.29, 0.717) is 13.1 Å². The second-order valence-corrected chi connectivity index (χ2v) is 6.03. The van der Waals surface area contributed by atoms with Gasteiger partial charge in [0.15, 0.2) is 0 Å². The van der Waals surface area contributed by atoms with Crippen molar-refractivity contribution in [3.05, 3.63) is 23.4 Å². The maximum atomic E-state index is 12.0. The van der Waals surface area contributed by atoms with Crippen LogP contribution in [0.25, 0.3) is 0 Å². The fourth-order valence-corrected chi connectivity index (χ4v) is 2.21. The Balaban J connectivity index is 2.00. The summed E-state index contributed by atoms with van der Waals surface area (Å²) in [5.74, 6) is 0. The van der Waals surface area contributed by atoms with Crippen molar-refractivity contribution >= 4 is 17.7 Å². The molecule has 0 bridgehead atoms. The summed E-state index contributed by atoms with van der Waals surface area (Å²) in [6, 6.07) is 0. The maximum Gasteiger partial charge on any atom is 0.410 e. The lowest BCUT2D eigenvalue weighted by atomic mass is 10.0. The molecule has 1 unspecified atom stereocenters. The minimum absolute atomic E-state index is 0.142. The zero-order chi connectivity index (χ0) is 13.3. The molecule has 0 aliphatic carbocycles. The summed E-state index contributed by atoms with van der Waals surface area (Å²) in [5, 5.41) is 3.21. The fraction of sp³-hybridized carbons (Fsp3) is 0.615. The smallest absolute Gasteiger partial charge is 0.410 e. The molecule has 0 saturated carbocycles. The van der Waals surface area contributed by atoms with Crippen LogP contribution in [-0.4, -0.2) is 35.2 Å². The number of carbonyl (C=O) groups is 1. The first-order chi connectivity index (χ1) is 8.35. The van der Waals surface area contributed by atoms with Crippen LogP contribution in [0.1, 0.15) is 27.2 Å². The molecule has 2 aliphatic rings. The van der Waals surface area contributed by atoms with Gasteiger partial charge in [0.1, 0.15) is 11.1 Å². The number of alkyl halides is 1. The highest BCUT2D eigenvalue weighted by molar-refractivity contribution is 6.21. The second-order valence-electron chi connectivity index (χ2n) is 5.56. The van der Waals surface area contributed by atoms with Gasteiger partial charge in [-0.1, -0.05) is 17.7 Å².